The Bertz CT molecular complexity index is 641. The molecule has 1 aromatic carbocycles. The maximum absolute atomic E-state index is 12.3. The molecule has 0 aliphatic carbocycles. The molecule has 26 heavy (non-hydrogen) atoms. The van der Waals surface area contributed by atoms with Gasteiger partial charge >= 0.3 is 11.8 Å². The molecule has 0 spiro atoms. The number of aryl methyl sites for hydroxylation is 1. The molecule has 2 amide bonds. The van der Waals surface area contributed by atoms with E-state index < -0.39 is 17.4 Å². The van der Waals surface area contributed by atoms with E-state index in [2.05, 4.69) is 50.2 Å². The van der Waals surface area contributed by atoms with Crippen LogP contribution >= 0.6 is 0 Å². The Morgan fingerprint density at radius 1 is 1.00 bits per heavy atom. The van der Waals surface area contributed by atoms with Gasteiger partial charge in [0.15, 0.2) is 0 Å². The van der Waals surface area contributed by atoms with Crippen LogP contribution in [0.2, 0.25) is 0 Å². The number of hydrogen-bond donors (Lipinski definition) is 2. The molecular formula is C21H35N3O2. The number of nitrogens with one attached hydrogen (secondary N) is 2. The molecule has 0 saturated carbocycles. The van der Waals surface area contributed by atoms with E-state index in [1.54, 1.807) is 0 Å². The third-order valence-corrected chi connectivity index (χ3v) is 4.22. The fourth-order valence-electron chi connectivity index (χ4n) is 3.49. The van der Waals surface area contributed by atoms with Crippen molar-refractivity contribution in [3.63, 3.8) is 0 Å². The SMILES string of the molecule is CCN(CC)c1ccc(NC(=O)C(=O)NC(C)(C)CC(C)(C)C)c(C)c1. The molecule has 1 rings (SSSR count). The zero-order chi connectivity index (χ0) is 20.1. The lowest BCUT2D eigenvalue weighted by atomic mass is 9.82. The van der Waals surface area contributed by atoms with Crippen molar-refractivity contribution in [1.82, 2.24) is 5.32 Å². The van der Waals surface area contributed by atoms with E-state index in [9.17, 15) is 9.59 Å². The summed E-state index contributed by atoms with van der Waals surface area (Å²) in [6.45, 7) is 18.2. The van der Waals surface area contributed by atoms with Gasteiger partial charge in [0.1, 0.15) is 0 Å². The van der Waals surface area contributed by atoms with E-state index in [4.69, 9.17) is 0 Å². The lowest BCUT2D eigenvalue weighted by Gasteiger charge is -2.33. The van der Waals surface area contributed by atoms with Crippen molar-refractivity contribution in [2.45, 2.75) is 67.3 Å². The Balaban J connectivity index is 2.80. The van der Waals surface area contributed by atoms with Crippen molar-refractivity contribution < 1.29 is 9.59 Å². The zero-order valence-electron chi connectivity index (χ0n) is 17.6. The van der Waals surface area contributed by atoms with Gasteiger partial charge in [-0.1, -0.05) is 20.8 Å². The minimum absolute atomic E-state index is 0.0596. The Morgan fingerprint density at radius 2 is 1.58 bits per heavy atom. The second kappa shape index (κ2) is 8.56. The monoisotopic (exact) mass is 361 g/mol. The number of rotatable bonds is 6. The first-order valence-corrected chi connectivity index (χ1v) is 9.37. The normalized spacial score (nSPS) is 11.8. The molecule has 0 saturated heterocycles. The molecule has 0 heterocycles. The number of amides is 2. The predicted octanol–water partition coefficient (Wildman–Crippen LogP) is 4.11. The van der Waals surface area contributed by atoms with Crippen molar-refractivity contribution in [2.75, 3.05) is 23.3 Å². The van der Waals surface area contributed by atoms with E-state index >= 15 is 0 Å². The third-order valence-electron chi connectivity index (χ3n) is 4.22. The van der Waals surface area contributed by atoms with Crippen LogP contribution in [0.15, 0.2) is 18.2 Å². The molecule has 2 N–H and O–H groups in total. The van der Waals surface area contributed by atoms with Crippen molar-refractivity contribution in [2.24, 2.45) is 5.41 Å². The minimum Gasteiger partial charge on any atom is -0.372 e. The minimum atomic E-state index is -0.634. The van der Waals surface area contributed by atoms with Crippen LogP contribution in [0.5, 0.6) is 0 Å². The van der Waals surface area contributed by atoms with Crippen LogP contribution in [-0.4, -0.2) is 30.4 Å². The lowest BCUT2D eigenvalue weighted by molar-refractivity contribution is -0.137. The summed E-state index contributed by atoms with van der Waals surface area (Å²) in [6.07, 6.45) is 0.774. The van der Waals surface area contributed by atoms with Crippen molar-refractivity contribution in [3.8, 4) is 0 Å². The Hall–Kier alpha value is -2.04. The molecular weight excluding hydrogens is 326 g/mol. The summed E-state index contributed by atoms with van der Waals surface area (Å²) in [4.78, 5) is 26.8. The van der Waals surface area contributed by atoms with Gasteiger partial charge in [0, 0.05) is 30.0 Å². The molecule has 0 aliphatic heterocycles. The van der Waals surface area contributed by atoms with Crippen molar-refractivity contribution >= 4 is 23.2 Å². The molecule has 0 bridgehead atoms. The second-order valence-corrected chi connectivity index (χ2v) is 8.70. The number of anilines is 2. The van der Waals surface area contributed by atoms with Gasteiger partial charge in [-0.05, 0) is 70.2 Å². The highest BCUT2D eigenvalue weighted by atomic mass is 16.2. The first-order valence-electron chi connectivity index (χ1n) is 9.37. The average Bonchev–Trinajstić information content (AvgIpc) is 2.47. The van der Waals surface area contributed by atoms with Gasteiger partial charge in [0.05, 0.1) is 0 Å². The highest BCUT2D eigenvalue weighted by Gasteiger charge is 2.29. The summed E-state index contributed by atoms with van der Waals surface area (Å²) in [6, 6.07) is 5.86. The van der Waals surface area contributed by atoms with Gasteiger partial charge in [0.25, 0.3) is 0 Å². The van der Waals surface area contributed by atoms with E-state index in [0.29, 0.717) is 5.69 Å². The van der Waals surface area contributed by atoms with Gasteiger partial charge < -0.3 is 15.5 Å². The van der Waals surface area contributed by atoms with Crippen molar-refractivity contribution in [3.05, 3.63) is 23.8 Å². The average molecular weight is 362 g/mol. The van der Waals surface area contributed by atoms with Crippen LogP contribution in [0.1, 0.15) is 60.5 Å². The zero-order valence-corrected chi connectivity index (χ0v) is 17.6. The second-order valence-electron chi connectivity index (χ2n) is 8.70. The van der Waals surface area contributed by atoms with Gasteiger partial charge in [0.2, 0.25) is 0 Å². The van der Waals surface area contributed by atoms with Crippen LogP contribution in [0.4, 0.5) is 11.4 Å². The number of hydrogen-bond acceptors (Lipinski definition) is 3. The molecule has 0 unspecified atom stereocenters. The lowest BCUT2D eigenvalue weighted by Crippen LogP contribution is -2.49. The molecule has 5 heteroatoms. The molecule has 0 aromatic heterocycles. The van der Waals surface area contributed by atoms with E-state index in [1.165, 1.54) is 0 Å². The van der Waals surface area contributed by atoms with Crippen LogP contribution in [0.25, 0.3) is 0 Å². The summed E-state index contributed by atoms with van der Waals surface area (Å²) in [5.41, 5.74) is 2.32. The molecule has 146 valence electrons. The standard InChI is InChI=1S/C21H35N3O2/c1-9-24(10-2)16-11-12-17(15(3)13-16)22-18(25)19(26)23-21(7,8)14-20(4,5)6/h11-13H,9-10,14H2,1-8H3,(H,22,25)(H,23,26). The maximum Gasteiger partial charge on any atom is 0.313 e. The predicted molar refractivity (Wildman–Crippen MR) is 110 cm³/mol. The fourth-order valence-corrected chi connectivity index (χ4v) is 3.49. The van der Waals surface area contributed by atoms with E-state index in [-0.39, 0.29) is 5.41 Å². The summed E-state index contributed by atoms with van der Waals surface area (Å²) < 4.78 is 0. The number of nitrogens with zero attached hydrogens (tertiary/aromatic N) is 1. The van der Waals surface area contributed by atoms with Gasteiger partial charge in [-0.15, -0.1) is 0 Å². The first-order chi connectivity index (χ1) is 11.9. The third kappa shape index (κ3) is 6.70. The summed E-state index contributed by atoms with van der Waals surface area (Å²) in [5.74, 6) is -1.24. The Morgan fingerprint density at radius 3 is 2.04 bits per heavy atom. The summed E-state index contributed by atoms with van der Waals surface area (Å²) in [5, 5.41) is 5.57. The molecule has 0 aliphatic rings. The first kappa shape index (κ1) is 22.0. The van der Waals surface area contributed by atoms with Crippen LogP contribution < -0.4 is 15.5 Å². The Kier molecular flexibility index (Phi) is 7.25. The van der Waals surface area contributed by atoms with Crippen LogP contribution in [-0.2, 0) is 9.59 Å². The fraction of sp³-hybridized carbons (Fsp3) is 0.619. The van der Waals surface area contributed by atoms with Gasteiger partial charge in [-0.3, -0.25) is 9.59 Å². The van der Waals surface area contributed by atoms with Crippen LogP contribution in [0, 0.1) is 12.3 Å². The maximum atomic E-state index is 12.3. The topological polar surface area (TPSA) is 61.4 Å². The van der Waals surface area contributed by atoms with E-state index in [1.807, 2.05) is 39.0 Å². The number of carbonyl (C=O) groups excluding carboxylic acids is 2. The molecule has 0 fully saturated rings. The van der Waals surface area contributed by atoms with Crippen LogP contribution in [0.3, 0.4) is 0 Å². The number of benzene rings is 1. The van der Waals surface area contributed by atoms with Gasteiger partial charge in [-0.2, -0.15) is 0 Å². The molecule has 5 nitrogen and oxygen atoms in total. The Labute approximate surface area is 158 Å². The molecule has 0 radical (unpaired) electrons. The van der Waals surface area contributed by atoms with Gasteiger partial charge in [-0.25, -0.2) is 0 Å². The number of carbonyl (C=O) groups is 2. The highest BCUT2D eigenvalue weighted by molar-refractivity contribution is 6.39. The summed E-state index contributed by atoms with van der Waals surface area (Å²) >= 11 is 0. The summed E-state index contributed by atoms with van der Waals surface area (Å²) in [7, 11) is 0. The quantitative estimate of drug-likeness (QED) is 0.750. The highest BCUT2D eigenvalue weighted by Crippen LogP contribution is 2.27. The van der Waals surface area contributed by atoms with Crippen molar-refractivity contribution in [1.29, 1.82) is 0 Å². The van der Waals surface area contributed by atoms with E-state index in [0.717, 1.165) is 30.8 Å². The molecule has 1 aromatic rings. The molecule has 0 atom stereocenters. The smallest absolute Gasteiger partial charge is 0.313 e. The largest absolute Gasteiger partial charge is 0.372 e.